The summed E-state index contributed by atoms with van der Waals surface area (Å²) in [6.07, 6.45) is 2.22. The summed E-state index contributed by atoms with van der Waals surface area (Å²) < 4.78 is 5.07. The number of ether oxygens (including phenoxy) is 1. The number of carbonyl (C=O) groups is 1. The van der Waals surface area contributed by atoms with Gasteiger partial charge in [0.1, 0.15) is 0 Å². The number of methoxy groups -OCH3 is 1. The fraction of sp³-hybridized carbons (Fsp3) is 0.889. The average Bonchev–Trinajstić information content (AvgIpc) is 2.18. The zero-order chi connectivity index (χ0) is 9.68. The Hall–Kier alpha value is -0.610. The molecule has 4 heteroatoms. The summed E-state index contributed by atoms with van der Waals surface area (Å²) in [5.74, 6) is 0.551. The van der Waals surface area contributed by atoms with Gasteiger partial charge >= 0.3 is 0 Å². The Morgan fingerprint density at radius 3 is 3.08 bits per heavy atom. The topological polar surface area (TPSA) is 55.6 Å². The number of piperidine rings is 1. The molecule has 1 aliphatic rings. The largest absolute Gasteiger partial charge is 0.384 e. The summed E-state index contributed by atoms with van der Waals surface area (Å²) in [4.78, 5) is 13.1. The monoisotopic (exact) mass is 186 g/mol. The Balaban J connectivity index is 2.37. The van der Waals surface area contributed by atoms with E-state index in [1.54, 1.807) is 7.11 Å². The normalized spacial score (nSPS) is 23.2. The van der Waals surface area contributed by atoms with Gasteiger partial charge in [-0.2, -0.15) is 0 Å². The second-order valence-corrected chi connectivity index (χ2v) is 3.51. The van der Waals surface area contributed by atoms with Gasteiger partial charge in [-0.25, -0.2) is 0 Å². The first-order valence-corrected chi connectivity index (χ1v) is 4.74. The van der Waals surface area contributed by atoms with Crippen molar-refractivity contribution in [1.29, 1.82) is 0 Å². The molecular formula is C9H18N2O2. The molecule has 0 spiro atoms. The molecule has 0 unspecified atom stereocenters. The molecule has 1 atom stereocenters. The Morgan fingerprint density at radius 1 is 1.69 bits per heavy atom. The van der Waals surface area contributed by atoms with Gasteiger partial charge in [0, 0.05) is 20.2 Å². The van der Waals surface area contributed by atoms with Crippen molar-refractivity contribution in [2.24, 2.45) is 11.7 Å². The molecule has 1 aliphatic heterocycles. The van der Waals surface area contributed by atoms with E-state index in [-0.39, 0.29) is 12.5 Å². The second kappa shape index (κ2) is 5.19. The van der Waals surface area contributed by atoms with Crippen molar-refractivity contribution >= 4 is 5.91 Å². The van der Waals surface area contributed by atoms with Crippen molar-refractivity contribution in [2.75, 3.05) is 33.4 Å². The summed E-state index contributed by atoms with van der Waals surface area (Å²) in [6.45, 7) is 2.54. The molecule has 76 valence electrons. The molecular weight excluding hydrogens is 168 g/mol. The first-order chi connectivity index (χ1) is 6.27. The zero-order valence-electron chi connectivity index (χ0n) is 8.16. The highest BCUT2D eigenvalue weighted by Gasteiger charge is 2.22. The van der Waals surface area contributed by atoms with Gasteiger partial charge < -0.3 is 15.4 Å². The van der Waals surface area contributed by atoms with Crippen molar-refractivity contribution in [3.05, 3.63) is 0 Å². The molecule has 0 aromatic heterocycles. The van der Waals surface area contributed by atoms with Crippen molar-refractivity contribution in [3.63, 3.8) is 0 Å². The highest BCUT2D eigenvalue weighted by atomic mass is 16.5. The Kier molecular flexibility index (Phi) is 4.18. The van der Waals surface area contributed by atoms with E-state index < -0.39 is 0 Å². The lowest BCUT2D eigenvalue weighted by Crippen LogP contribution is -2.43. The lowest BCUT2D eigenvalue weighted by molar-refractivity contribution is -0.131. The van der Waals surface area contributed by atoms with E-state index in [9.17, 15) is 4.79 Å². The van der Waals surface area contributed by atoms with Crippen LogP contribution in [0, 0.1) is 5.92 Å². The van der Waals surface area contributed by atoms with E-state index in [1.807, 2.05) is 4.90 Å². The average molecular weight is 186 g/mol. The van der Waals surface area contributed by atoms with E-state index in [0.29, 0.717) is 5.92 Å². The number of hydrogen-bond donors (Lipinski definition) is 1. The van der Waals surface area contributed by atoms with Crippen LogP contribution in [0.15, 0.2) is 0 Å². The van der Waals surface area contributed by atoms with Gasteiger partial charge in [-0.15, -0.1) is 0 Å². The predicted molar refractivity (Wildman–Crippen MR) is 50.2 cm³/mol. The highest BCUT2D eigenvalue weighted by Crippen LogP contribution is 2.16. The Morgan fingerprint density at radius 2 is 2.46 bits per heavy atom. The molecule has 0 aliphatic carbocycles. The fourth-order valence-corrected chi connectivity index (χ4v) is 1.79. The molecule has 1 saturated heterocycles. The van der Waals surface area contributed by atoms with Crippen LogP contribution in [0.3, 0.4) is 0 Å². The third-order valence-corrected chi connectivity index (χ3v) is 2.45. The number of likely N-dealkylation sites (tertiary alicyclic amines) is 1. The lowest BCUT2D eigenvalue weighted by atomic mass is 9.99. The van der Waals surface area contributed by atoms with Crippen LogP contribution in [0.2, 0.25) is 0 Å². The van der Waals surface area contributed by atoms with E-state index in [0.717, 1.165) is 32.5 Å². The molecule has 0 radical (unpaired) electrons. The SMILES string of the molecule is COC[C@H]1CCCN(C(=O)CN)C1. The maximum atomic E-state index is 11.3. The molecule has 4 nitrogen and oxygen atoms in total. The minimum absolute atomic E-state index is 0.0563. The van der Waals surface area contributed by atoms with Crippen molar-refractivity contribution < 1.29 is 9.53 Å². The van der Waals surface area contributed by atoms with E-state index in [2.05, 4.69) is 0 Å². The summed E-state index contributed by atoms with van der Waals surface area (Å²) in [5.41, 5.74) is 5.30. The molecule has 1 rings (SSSR count). The van der Waals surface area contributed by atoms with Crippen molar-refractivity contribution in [2.45, 2.75) is 12.8 Å². The van der Waals surface area contributed by atoms with Crippen LogP contribution >= 0.6 is 0 Å². The van der Waals surface area contributed by atoms with Crippen LogP contribution in [0.4, 0.5) is 0 Å². The molecule has 2 N–H and O–H groups in total. The third-order valence-electron chi connectivity index (χ3n) is 2.45. The maximum absolute atomic E-state index is 11.3. The minimum Gasteiger partial charge on any atom is -0.384 e. The molecule has 0 aromatic rings. The number of hydrogen-bond acceptors (Lipinski definition) is 3. The van der Waals surface area contributed by atoms with Crippen LogP contribution in [-0.2, 0) is 9.53 Å². The standard InChI is InChI=1S/C9H18N2O2/c1-13-7-8-3-2-4-11(6-8)9(12)5-10/h8H,2-7,10H2,1H3/t8-/m0/s1. The second-order valence-electron chi connectivity index (χ2n) is 3.51. The number of nitrogens with two attached hydrogens (primary N) is 1. The number of nitrogens with zero attached hydrogens (tertiary/aromatic N) is 1. The predicted octanol–water partition coefficient (Wildman–Crippen LogP) is -0.170. The summed E-state index contributed by atoms with van der Waals surface area (Å²) >= 11 is 0. The van der Waals surface area contributed by atoms with Gasteiger partial charge in [-0.1, -0.05) is 0 Å². The van der Waals surface area contributed by atoms with Crippen LogP contribution < -0.4 is 5.73 Å². The van der Waals surface area contributed by atoms with Gasteiger partial charge in [0.25, 0.3) is 0 Å². The first-order valence-electron chi connectivity index (χ1n) is 4.74. The van der Waals surface area contributed by atoms with Gasteiger partial charge in [0.05, 0.1) is 13.2 Å². The quantitative estimate of drug-likeness (QED) is 0.666. The van der Waals surface area contributed by atoms with Crippen molar-refractivity contribution in [1.82, 2.24) is 4.90 Å². The summed E-state index contributed by atoms with van der Waals surface area (Å²) in [6, 6.07) is 0. The molecule has 1 amide bonds. The molecule has 1 fully saturated rings. The van der Waals surface area contributed by atoms with Gasteiger partial charge in [-0.3, -0.25) is 4.79 Å². The van der Waals surface area contributed by atoms with Gasteiger partial charge in [0.2, 0.25) is 5.91 Å². The maximum Gasteiger partial charge on any atom is 0.236 e. The summed E-state index contributed by atoms with van der Waals surface area (Å²) in [5, 5.41) is 0. The van der Waals surface area contributed by atoms with E-state index in [1.165, 1.54) is 0 Å². The van der Waals surface area contributed by atoms with Crippen LogP contribution in [-0.4, -0.2) is 44.2 Å². The molecule has 0 bridgehead atoms. The van der Waals surface area contributed by atoms with Gasteiger partial charge in [-0.05, 0) is 18.8 Å². The summed E-state index contributed by atoms with van der Waals surface area (Å²) in [7, 11) is 1.70. The molecule has 0 saturated carbocycles. The van der Waals surface area contributed by atoms with E-state index >= 15 is 0 Å². The highest BCUT2D eigenvalue weighted by molar-refractivity contribution is 5.78. The van der Waals surface area contributed by atoms with E-state index in [4.69, 9.17) is 10.5 Å². The smallest absolute Gasteiger partial charge is 0.236 e. The zero-order valence-corrected chi connectivity index (χ0v) is 8.16. The Labute approximate surface area is 79.0 Å². The minimum atomic E-state index is 0.0563. The Bertz CT molecular complexity index is 171. The van der Waals surface area contributed by atoms with Crippen LogP contribution in [0.5, 0.6) is 0 Å². The van der Waals surface area contributed by atoms with Gasteiger partial charge in [0.15, 0.2) is 0 Å². The molecule has 13 heavy (non-hydrogen) atoms. The van der Waals surface area contributed by atoms with Crippen molar-refractivity contribution in [3.8, 4) is 0 Å². The number of rotatable bonds is 3. The number of amides is 1. The number of carbonyl (C=O) groups excluding carboxylic acids is 1. The van der Waals surface area contributed by atoms with Crippen LogP contribution in [0.1, 0.15) is 12.8 Å². The molecule has 0 aromatic carbocycles. The third kappa shape index (κ3) is 2.97. The molecule has 1 heterocycles. The lowest BCUT2D eigenvalue weighted by Gasteiger charge is -2.32. The van der Waals surface area contributed by atoms with Crippen LogP contribution in [0.25, 0.3) is 0 Å². The fourth-order valence-electron chi connectivity index (χ4n) is 1.79. The first kappa shape index (κ1) is 10.5.